The van der Waals surface area contributed by atoms with Crippen LogP contribution < -0.4 is 4.74 Å². The lowest BCUT2D eigenvalue weighted by atomic mass is 10.2. The molecule has 98 valence electrons. The number of carbonyl (C=O) groups is 1. The van der Waals surface area contributed by atoms with E-state index in [9.17, 15) is 4.79 Å². The van der Waals surface area contributed by atoms with Gasteiger partial charge in [0, 0.05) is 5.56 Å². The first-order chi connectivity index (χ1) is 8.50. The Kier molecular flexibility index (Phi) is 3.90. The zero-order chi connectivity index (χ0) is 13.2. The van der Waals surface area contributed by atoms with Gasteiger partial charge >= 0.3 is 0 Å². The van der Waals surface area contributed by atoms with E-state index in [1.807, 2.05) is 13.8 Å². The van der Waals surface area contributed by atoms with E-state index >= 15 is 0 Å². The molecule has 1 aliphatic rings. The van der Waals surface area contributed by atoms with Gasteiger partial charge in [-0.15, -0.1) is 0 Å². The van der Waals surface area contributed by atoms with Crippen molar-refractivity contribution in [2.45, 2.75) is 25.7 Å². The first-order valence-electron chi connectivity index (χ1n) is 5.69. The average molecular weight is 271 g/mol. The number of hydrogen-bond acceptors (Lipinski definition) is 4. The third-order valence-corrected chi connectivity index (χ3v) is 2.88. The molecular formula is C13H15ClO4. The highest BCUT2D eigenvalue weighted by atomic mass is 35.5. The Morgan fingerprint density at radius 2 is 2.33 bits per heavy atom. The SMILES string of the molecule is CC1(C)OC[C@@H](COc2ccc(C=O)cc2Cl)O1. The maximum atomic E-state index is 10.6. The van der Waals surface area contributed by atoms with Crippen LogP contribution in [-0.4, -0.2) is 31.4 Å². The summed E-state index contributed by atoms with van der Waals surface area (Å²) in [7, 11) is 0. The number of benzene rings is 1. The van der Waals surface area contributed by atoms with Crippen LogP contribution in [0.1, 0.15) is 24.2 Å². The van der Waals surface area contributed by atoms with E-state index in [-0.39, 0.29) is 6.10 Å². The number of halogens is 1. The molecule has 0 bridgehead atoms. The Morgan fingerprint density at radius 1 is 1.56 bits per heavy atom. The van der Waals surface area contributed by atoms with E-state index in [0.717, 1.165) is 6.29 Å². The van der Waals surface area contributed by atoms with Crippen molar-refractivity contribution in [3.8, 4) is 5.75 Å². The third kappa shape index (κ3) is 3.22. The molecule has 18 heavy (non-hydrogen) atoms. The maximum Gasteiger partial charge on any atom is 0.163 e. The van der Waals surface area contributed by atoms with Crippen LogP contribution in [0.4, 0.5) is 0 Å². The molecule has 5 heteroatoms. The van der Waals surface area contributed by atoms with E-state index in [2.05, 4.69) is 0 Å². The van der Waals surface area contributed by atoms with Crippen LogP contribution in [0.2, 0.25) is 5.02 Å². The molecule has 1 heterocycles. The Bertz CT molecular complexity index is 445. The lowest BCUT2D eigenvalue weighted by molar-refractivity contribution is -0.141. The smallest absolute Gasteiger partial charge is 0.163 e. The summed E-state index contributed by atoms with van der Waals surface area (Å²) in [6, 6.07) is 4.90. The van der Waals surface area contributed by atoms with Crippen molar-refractivity contribution in [3.05, 3.63) is 28.8 Å². The second-order valence-electron chi connectivity index (χ2n) is 4.57. The summed E-state index contributed by atoms with van der Waals surface area (Å²) < 4.78 is 16.6. The lowest BCUT2D eigenvalue weighted by Crippen LogP contribution is -2.25. The Hall–Kier alpha value is -1.10. The summed E-state index contributed by atoms with van der Waals surface area (Å²) in [6.45, 7) is 4.58. The van der Waals surface area contributed by atoms with Gasteiger partial charge in [-0.1, -0.05) is 11.6 Å². The fourth-order valence-corrected chi connectivity index (χ4v) is 1.98. The Balaban J connectivity index is 1.93. The Morgan fingerprint density at radius 3 is 2.89 bits per heavy atom. The van der Waals surface area contributed by atoms with Crippen LogP contribution >= 0.6 is 11.6 Å². The second kappa shape index (κ2) is 5.26. The summed E-state index contributed by atoms with van der Waals surface area (Å²) in [4.78, 5) is 10.6. The van der Waals surface area contributed by atoms with Gasteiger partial charge in [0.15, 0.2) is 5.79 Å². The summed E-state index contributed by atoms with van der Waals surface area (Å²) in [5, 5.41) is 0.415. The standard InChI is InChI=1S/C13H15ClO4/c1-13(2)17-8-10(18-13)7-16-12-4-3-9(6-15)5-11(12)14/h3-6,10H,7-8H2,1-2H3/t10-/m1/s1. The average Bonchev–Trinajstić information content (AvgIpc) is 2.67. The topological polar surface area (TPSA) is 44.8 Å². The van der Waals surface area contributed by atoms with Gasteiger partial charge < -0.3 is 14.2 Å². The molecule has 2 rings (SSSR count). The van der Waals surface area contributed by atoms with Crippen molar-refractivity contribution in [2.24, 2.45) is 0 Å². The largest absolute Gasteiger partial charge is 0.489 e. The first kappa shape index (κ1) is 13.3. The molecule has 0 aliphatic carbocycles. The van der Waals surface area contributed by atoms with Crippen LogP contribution in [-0.2, 0) is 9.47 Å². The second-order valence-corrected chi connectivity index (χ2v) is 4.98. The predicted molar refractivity (Wildman–Crippen MR) is 67.2 cm³/mol. The van der Waals surface area contributed by atoms with E-state index in [1.54, 1.807) is 18.2 Å². The summed E-state index contributed by atoms with van der Waals surface area (Å²) in [6.07, 6.45) is 0.633. The molecule has 0 spiro atoms. The van der Waals surface area contributed by atoms with E-state index < -0.39 is 5.79 Å². The zero-order valence-corrected chi connectivity index (χ0v) is 11.1. The fourth-order valence-electron chi connectivity index (χ4n) is 1.74. The molecule has 0 radical (unpaired) electrons. The van der Waals surface area contributed by atoms with Crippen LogP contribution in [0.25, 0.3) is 0 Å². The summed E-state index contributed by atoms with van der Waals surface area (Å²) >= 11 is 5.99. The molecule has 1 aromatic rings. The van der Waals surface area contributed by atoms with Gasteiger partial charge in [-0.3, -0.25) is 4.79 Å². The molecule has 1 fully saturated rings. The van der Waals surface area contributed by atoms with Gasteiger partial charge in [0.05, 0.1) is 11.6 Å². The van der Waals surface area contributed by atoms with E-state index in [4.69, 9.17) is 25.8 Å². The molecule has 1 aromatic carbocycles. The van der Waals surface area contributed by atoms with Crippen LogP contribution in [0.3, 0.4) is 0 Å². The molecule has 0 saturated carbocycles. The fraction of sp³-hybridized carbons (Fsp3) is 0.462. The van der Waals surface area contributed by atoms with E-state index in [1.165, 1.54) is 0 Å². The number of ether oxygens (including phenoxy) is 3. The molecule has 1 aliphatic heterocycles. The molecule has 0 amide bonds. The van der Waals surface area contributed by atoms with Crippen molar-refractivity contribution >= 4 is 17.9 Å². The lowest BCUT2D eigenvalue weighted by Gasteiger charge is -2.17. The Labute approximate surface area is 111 Å². The predicted octanol–water partition coefficient (Wildman–Crippen LogP) is 2.68. The molecule has 0 unspecified atom stereocenters. The number of carbonyl (C=O) groups excluding carboxylic acids is 1. The van der Waals surface area contributed by atoms with Gasteiger partial charge in [0.1, 0.15) is 24.7 Å². The molecular weight excluding hydrogens is 256 g/mol. The molecule has 0 aromatic heterocycles. The summed E-state index contributed by atoms with van der Waals surface area (Å²) in [5.74, 6) is -0.0188. The first-order valence-corrected chi connectivity index (χ1v) is 6.07. The molecule has 4 nitrogen and oxygen atoms in total. The highest BCUT2D eigenvalue weighted by Gasteiger charge is 2.33. The van der Waals surface area contributed by atoms with Crippen molar-refractivity contribution in [2.75, 3.05) is 13.2 Å². The van der Waals surface area contributed by atoms with E-state index in [0.29, 0.717) is 29.5 Å². The minimum absolute atomic E-state index is 0.109. The van der Waals surface area contributed by atoms with Crippen molar-refractivity contribution in [3.63, 3.8) is 0 Å². The minimum atomic E-state index is -0.556. The highest BCUT2D eigenvalue weighted by molar-refractivity contribution is 6.32. The molecule has 1 saturated heterocycles. The van der Waals surface area contributed by atoms with Gasteiger partial charge in [-0.25, -0.2) is 0 Å². The van der Waals surface area contributed by atoms with Gasteiger partial charge in [0.2, 0.25) is 0 Å². The molecule has 1 atom stereocenters. The minimum Gasteiger partial charge on any atom is -0.489 e. The van der Waals surface area contributed by atoms with Crippen LogP contribution in [0, 0.1) is 0 Å². The zero-order valence-electron chi connectivity index (χ0n) is 10.3. The number of aldehydes is 1. The van der Waals surface area contributed by atoms with Gasteiger partial charge in [-0.05, 0) is 32.0 Å². The third-order valence-electron chi connectivity index (χ3n) is 2.58. The number of rotatable bonds is 4. The number of hydrogen-bond donors (Lipinski definition) is 0. The van der Waals surface area contributed by atoms with Gasteiger partial charge in [-0.2, -0.15) is 0 Å². The summed E-state index contributed by atoms with van der Waals surface area (Å²) in [5.41, 5.74) is 0.522. The normalized spacial score (nSPS) is 21.8. The monoisotopic (exact) mass is 270 g/mol. The molecule has 0 N–H and O–H groups in total. The van der Waals surface area contributed by atoms with Crippen LogP contribution in [0.5, 0.6) is 5.75 Å². The highest BCUT2D eigenvalue weighted by Crippen LogP contribution is 2.27. The van der Waals surface area contributed by atoms with Gasteiger partial charge in [0.25, 0.3) is 0 Å². The van der Waals surface area contributed by atoms with Crippen molar-refractivity contribution < 1.29 is 19.0 Å². The van der Waals surface area contributed by atoms with Crippen molar-refractivity contribution in [1.29, 1.82) is 0 Å². The van der Waals surface area contributed by atoms with Crippen LogP contribution in [0.15, 0.2) is 18.2 Å². The maximum absolute atomic E-state index is 10.6. The van der Waals surface area contributed by atoms with Crippen molar-refractivity contribution in [1.82, 2.24) is 0 Å². The quantitative estimate of drug-likeness (QED) is 0.789.